The Morgan fingerprint density at radius 3 is 1.79 bits per heavy atom. The molecule has 2 heterocycles. The van der Waals surface area contributed by atoms with Gasteiger partial charge in [-0.2, -0.15) is 24.3 Å². The van der Waals surface area contributed by atoms with Gasteiger partial charge in [-0.3, -0.25) is 13.8 Å². The van der Waals surface area contributed by atoms with Crippen LogP contribution >= 0.6 is 0 Å². The van der Waals surface area contributed by atoms with Gasteiger partial charge in [-0.1, -0.05) is 114 Å². The first-order chi connectivity index (χ1) is 22.6. The van der Waals surface area contributed by atoms with E-state index < -0.39 is 17.0 Å². The largest absolute Gasteiger partial charge is 2.00 e. The van der Waals surface area contributed by atoms with E-state index in [2.05, 4.69) is 41.3 Å². The summed E-state index contributed by atoms with van der Waals surface area (Å²) >= 11 is 0. The van der Waals surface area contributed by atoms with Gasteiger partial charge in [0.25, 0.3) is 0 Å². The normalized spacial score (nSPS) is 11.0. The smallest absolute Gasteiger partial charge is 0.319 e. The van der Waals surface area contributed by atoms with Crippen LogP contribution in [-0.4, -0.2) is 9.97 Å². The van der Waals surface area contributed by atoms with E-state index in [4.69, 9.17) is 9.97 Å². The second kappa shape index (κ2) is 14.0. The molecule has 5 aromatic carbocycles. The van der Waals surface area contributed by atoms with Crippen molar-refractivity contribution in [2.45, 2.75) is 5.41 Å². The van der Waals surface area contributed by atoms with Gasteiger partial charge in [0, 0.05) is 17.3 Å². The third-order valence-electron chi connectivity index (χ3n) is 7.96. The zero-order valence-electron chi connectivity index (χ0n) is 25.0. The van der Waals surface area contributed by atoms with E-state index in [1.54, 1.807) is 6.07 Å². The third kappa shape index (κ3) is 6.15. The zero-order chi connectivity index (χ0) is 31.3. The van der Waals surface area contributed by atoms with E-state index in [9.17, 15) is 4.39 Å². The number of anilines is 3. The van der Waals surface area contributed by atoms with Crippen LogP contribution in [0.2, 0.25) is 0 Å². The molecule has 0 N–H and O–H groups in total. The van der Waals surface area contributed by atoms with Crippen LogP contribution in [0.4, 0.5) is 26.0 Å². The number of hydrogen-bond donors (Lipinski definition) is 0. The van der Waals surface area contributed by atoms with Gasteiger partial charge in [-0.05, 0) is 47.2 Å². The van der Waals surface area contributed by atoms with Gasteiger partial charge in [0.05, 0.1) is 11.4 Å². The molecule has 6 heteroatoms. The fourth-order valence-electron chi connectivity index (χ4n) is 5.94. The summed E-state index contributed by atoms with van der Waals surface area (Å²) in [5.41, 5.74) is 4.38. The number of para-hydroxylation sites is 2. The average Bonchev–Trinajstić information content (AvgIpc) is 3.11. The SMILES string of the molecule is Fc1c[c-]c(-c2cccc(C(c3ccccc3)(c3ccccc3)c3cccc(N(c4[c-]cccc4)c4ccccc4)n3)n2)c(F)c1.[Pt+2]. The van der Waals surface area contributed by atoms with Crippen LogP contribution in [0, 0.1) is 23.8 Å². The van der Waals surface area contributed by atoms with Gasteiger partial charge in [0.15, 0.2) is 0 Å². The Bertz CT molecular complexity index is 2000. The summed E-state index contributed by atoms with van der Waals surface area (Å²) in [6, 6.07) is 57.5. The van der Waals surface area contributed by atoms with Gasteiger partial charge < -0.3 is 4.90 Å². The monoisotopic (exact) mass is 794 g/mol. The van der Waals surface area contributed by atoms with E-state index >= 15 is 4.39 Å². The maximum absolute atomic E-state index is 15.1. The van der Waals surface area contributed by atoms with E-state index in [0.717, 1.165) is 34.6 Å². The Morgan fingerprint density at radius 1 is 0.574 bits per heavy atom. The van der Waals surface area contributed by atoms with Gasteiger partial charge in [-0.25, -0.2) is 4.98 Å². The van der Waals surface area contributed by atoms with Crippen LogP contribution in [0.5, 0.6) is 0 Å². The molecule has 0 fully saturated rings. The summed E-state index contributed by atoms with van der Waals surface area (Å²) in [4.78, 5) is 12.5. The standard InChI is InChI=1S/C41H27F2N3.Pt/c42-32-27-28-35(36(43)29-32)37-23-13-24-38(44-37)41(30-15-5-1-6-16-30,31-17-7-2-8-18-31)39-25-14-26-40(45-39)46(33-19-9-3-10-20-33)34-21-11-4-12-22-34;/h1-21,23-27,29H;/q-2;+2. The first-order valence-corrected chi connectivity index (χ1v) is 14.9. The molecule has 0 bridgehead atoms. The first kappa shape index (κ1) is 31.7. The minimum absolute atomic E-state index is 0. The quantitative estimate of drug-likeness (QED) is 0.144. The van der Waals surface area contributed by atoms with E-state index in [1.165, 1.54) is 0 Å². The van der Waals surface area contributed by atoms with Crippen molar-refractivity contribution < 1.29 is 29.8 Å². The number of halogens is 2. The Hall–Kier alpha value is -5.25. The Kier molecular flexibility index (Phi) is 9.47. The maximum atomic E-state index is 15.1. The molecule has 0 unspecified atom stereocenters. The minimum Gasteiger partial charge on any atom is -0.319 e. The van der Waals surface area contributed by atoms with Gasteiger partial charge >= 0.3 is 21.1 Å². The van der Waals surface area contributed by atoms with E-state index in [0.29, 0.717) is 22.9 Å². The molecular weight excluding hydrogens is 768 g/mol. The molecule has 3 nitrogen and oxygen atoms in total. The van der Waals surface area contributed by atoms with Gasteiger partial charge in [-0.15, -0.1) is 18.2 Å². The first-order valence-electron chi connectivity index (χ1n) is 14.9. The summed E-state index contributed by atoms with van der Waals surface area (Å²) in [5, 5.41) is 0. The molecular formula is C41H27F2N3Pt. The topological polar surface area (TPSA) is 29.0 Å². The van der Waals surface area contributed by atoms with Crippen LogP contribution in [0.3, 0.4) is 0 Å². The van der Waals surface area contributed by atoms with Crippen LogP contribution in [-0.2, 0) is 26.5 Å². The summed E-state index contributed by atoms with van der Waals surface area (Å²) < 4.78 is 28.9. The Morgan fingerprint density at radius 2 is 1.17 bits per heavy atom. The zero-order valence-corrected chi connectivity index (χ0v) is 27.3. The molecule has 0 radical (unpaired) electrons. The Labute approximate surface area is 287 Å². The van der Waals surface area contributed by atoms with Crippen molar-refractivity contribution in [3.8, 4) is 11.3 Å². The van der Waals surface area contributed by atoms with Crippen molar-refractivity contribution in [1.29, 1.82) is 0 Å². The number of pyridine rings is 2. The number of hydrogen-bond acceptors (Lipinski definition) is 3. The predicted octanol–water partition coefficient (Wildman–Crippen LogP) is 9.87. The third-order valence-corrected chi connectivity index (χ3v) is 7.96. The fraction of sp³-hybridized carbons (Fsp3) is 0.0244. The minimum atomic E-state index is -1.02. The molecule has 0 aliphatic rings. The molecule has 0 saturated carbocycles. The second-order valence-corrected chi connectivity index (χ2v) is 10.7. The summed E-state index contributed by atoms with van der Waals surface area (Å²) in [7, 11) is 0. The number of aromatic nitrogens is 2. The molecule has 0 saturated heterocycles. The molecule has 0 aliphatic carbocycles. The van der Waals surface area contributed by atoms with Crippen LogP contribution in [0.15, 0.2) is 164 Å². The van der Waals surface area contributed by atoms with E-state index in [1.807, 2.05) is 121 Å². The number of benzene rings is 5. The second-order valence-electron chi connectivity index (χ2n) is 10.7. The van der Waals surface area contributed by atoms with Crippen molar-refractivity contribution in [2.75, 3.05) is 4.90 Å². The summed E-state index contributed by atoms with van der Waals surface area (Å²) in [6.45, 7) is 0. The summed E-state index contributed by atoms with van der Waals surface area (Å²) in [6.07, 6.45) is 0. The molecule has 7 aromatic rings. The van der Waals surface area contributed by atoms with Crippen molar-refractivity contribution >= 4 is 17.2 Å². The Balaban J connectivity index is 0.00000386. The molecule has 0 atom stereocenters. The molecule has 2 aromatic heterocycles. The van der Waals surface area contributed by atoms with Crippen LogP contribution < -0.4 is 4.90 Å². The number of nitrogens with zero attached hydrogens (tertiary/aromatic N) is 3. The fourth-order valence-corrected chi connectivity index (χ4v) is 5.94. The van der Waals surface area contributed by atoms with Gasteiger partial charge in [0.2, 0.25) is 0 Å². The molecule has 47 heavy (non-hydrogen) atoms. The van der Waals surface area contributed by atoms with E-state index in [-0.39, 0.29) is 26.6 Å². The molecule has 0 amide bonds. The van der Waals surface area contributed by atoms with Gasteiger partial charge in [0.1, 0.15) is 11.2 Å². The van der Waals surface area contributed by atoms with Crippen LogP contribution in [0.1, 0.15) is 22.5 Å². The van der Waals surface area contributed by atoms with Crippen LogP contribution in [0.25, 0.3) is 11.3 Å². The number of rotatable bonds is 8. The predicted molar refractivity (Wildman–Crippen MR) is 178 cm³/mol. The van der Waals surface area contributed by atoms with Crippen molar-refractivity contribution in [3.63, 3.8) is 0 Å². The average molecular weight is 795 g/mol. The van der Waals surface area contributed by atoms with Crippen molar-refractivity contribution in [1.82, 2.24) is 9.97 Å². The van der Waals surface area contributed by atoms with Crippen molar-refractivity contribution in [2.24, 2.45) is 0 Å². The van der Waals surface area contributed by atoms with Crippen molar-refractivity contribution in [3.05, 3.63) is 210 Å². The summed E-state index contributed by atoms with van der Waals surface area (Å²) in [5.74, 6) is -0.733. The maximum Gasteiger partial charge on any atom is 2.00 e. The molecule has 7 rings (SSSR count). The molecule has 230 valence electrons. The molecule has 0 spiro atoms. The molecule has 0 aliphatic heterocycles.